The Hall–Kier alpha value is -2.35. The van der Waals surface area contributed by atoms with E-state index >= 15 is 0 Å². The number of thiophene rings is 1. The zero-order valence-corrected chi connectivity index (χ0v) is 23.3. The maximum atomic E-state index is 13.3. The fourth-order valence-electron chi connectivity index (χ4n) is 6.46. The van der Waals surface area contributed by atoms with E-state index in [9.17, 15) is 9.90 Å². The minimum atomic E-state index is -0.511. The van der Waals surface area contributed by atoms with Crippen LogP contribution in [0.3, 0.4) is 0 Å². The van der Waals surface area contributed by atoms with Gasteiger partial charge < -0.3 is 19.6 Å². The number of halogens is 1. The van der Waals surface area contributed by atoms with Gasteiger partial charge in [-0.25, -0.2) is 4.79 Å². The van der Waals surface area contributed by atoms with Crippen LogP contribution in [0.1, 0.15) is 63.3 Å². The summed E-state index contributed by atoms with van der Waals surface area (Å²) in [6.45, 7) is 7.44. The number of carbonyl (C=O) groups is 1. The molecule has 1 aliphatic carbocycles. The molecule has 0 bridgehead atoms. The highest BCUT2D eigenvalue weighted by Gasteiger charge is 2.54. The fourth-order valence-corrected chi connectivity index (χ4v) is 7.70. The molecule has 3 aliphatic rings. The molecule has 1 saturated carbocycles. The first kappa shape index (κ1) is 25.0. The van der Waals surface area contributed by atoms with Gasteiger partial charge >= 0.3 is 6.09 Å². The van der Waals surface area contributed by atoms with E-state index in [1.165, 1.54) is 11.3 Å². The smallest absolute Gasteiger partial charge is 0.410 e. The normalized spacial score (nSPS) is 20.8. The first-order valence-electron chi connectivity index (χ1n) is 13.3. The van der Waals surface area contributed by atoms with Crippen LogP contribution in [-0.2, 0) is 17.8 Å². The Labute approximate surface area is 227 Å². The number of amides is 1. The summed E-state index contributed by atoms with van der Waals surface area (Å²) in [5, 5.41) is 10.5. The number of rotatable bonds is 3. The number of aromatic nitrogens is 1. The third kappa shape index (κ3) is 4.39. The molecule has 6 nitrogen and oxygen atoms in total. The van der Waals surface area contributed by atoms with Crippen molar-refractivity contribution in [3.63, 3.8) is 0 Å². The predicted molar refractivity (Wildman–Crippen MR) is 150 cm³/mol. The van der Waals surface area contributed by atoms with Gasteiger partial charge in [0.2, 0.25) is 0 Å². The number of likely N-dealkylation sites (tertiary alicyclic amines) is 1. The maximum Gasteiger partial charge on any atom is 0.410 e. The van der Waals surface area contributed by atoms with E-state index in [1.807, 2.05) is 37.9 Å². The zero-order valence-electron chi connectivity index (χ0n) is 21.7. The minimum Gasteiger partial charge on any atom is -0.444 e. The van der Waals surface area contributed by atoms with E-state index in [0.717, 1.165) is 76.3 Å². The molecule has 0 unspecified atom stereocenters. The molecule has 1 N–H and O–H groups in total. The number of pyridine rings is 1. The standard InChI is InChI=1S/C29H34ClN3O3S/c1-28(2,3)36-27(35)33-16-20(15-29(33)8-5-9-29)32-11-4-6-18-12-19(30)13-23(25(18)32)22-7-10-31-24-14-21(17-34)37-26(22)24/h7,10,12-14,20,34H,4-6,8-9,11,15-17H2,1-3H3/t20-/m1/s1. The Morgan fingerprint density at radius 2 is 2.05 bits per heavy atom. The van der Waals surface area contributed by atoms with Gasteiger partial charge in [0.25, 0.3) is 0 Å². The Morgan fingerprint density at radius 3 is 2.76 bits per heavy atom. The molecule has 2 fully saturated rings. The van der Waals surface area contributed by atoms with Crippen LogP contribution in [0.5, 0.6) is 0 Å². The number of aryl methyl sites for hydroxylation is 1. The van der Waals surface area contributed by atoms with Crippen LogP contribution in [0, 0.1) is 0 Å². The lowest BCUT2D eigenvalue weighted by molar-refractivity contribution is -0.00979. The molecule has 3 aromatic rings. The van der Waals surface area contributed by atoms with Crippen molar-refractivity contribution in [2.24, 2.45) is 0 Å². The SMILES string of the molecule is CC(C)(C)OC(=O)N1C[C@H](N2CCCc3cc(Cl)cc(-c4ccnc5cc(CO)sc45)c32)CC12CCC2. The number of hydrogen-bond donors (Lipinski definition) is 1. The quantitative estimate of drug-likeness (QED) is 0.397. The highest BCUT2D eigenvalue weighted by Crippen LogP contribution is 2.50. The first-order chi connectivity index (χ1) is 17.7. The van der Waals surface area contributed by atoms with Crippen LogP contribution in [-0.4, -0.2) is 51.4 Å². The van der Waals surface area contributed by atoms with Gasteiger partial charge in [-0.1, -0.05) is 11.6 Å². The van der Waals surface area contributed by atoms with Crippen molar-refractivity contribution in [1.82, 2.24) is 9.88 Å². The van der Waals surface area contributed by atoms with Gasteiger partial charge in [0.15, 0.2) is 0 Å². The van der Waals surface area contributed by atoms with Crippen molar-refractivity contribution in [2.75, 3.05) is 18.0 Å². The van der Waals surface area contributed by atoms with Crippen molar-refractivity contribution < 1.29 is 14.6 Å². The third-order valence-corrected chi connectivity index (χ3v) is 9.48. The molecule has 2 aliphatic heterocycles. The second kappa shape index (κ2) is 9.14. The lowest BCUT2D eigenvalue weighted by Gasteiger charge is -2.45. The van der Waals surface area contributed by atoms with Crippen molar-refractivity contribution in [3.8, 4) is 11.1 Å². The molecule has 1 saturated heterocycles. The molecule has 2 aromatic heterocycles. The number of hydrogen-bond acceptors (Lipinski definition) is 6. The predicted octanol–water partition coefficient (Wildman–Crippen LogP) is 6.79. The van der Waals surface area contributed by atoms with E-state index in [2.05, 4.69) is 28.1 Å². The van der Waals surface area contributed by atoms with Crippen molar-refractivity contribution in [3.05, 3.63) is 45.9 Å². The van der Waals surface area contributed by atoms with Gasteiger partial charge in [-0.05, 0) is 89.1 Å². The highest BCUT2D eigenvalue weighted by molar-refractivity contribution is 7.19. The largest absolute Gasteiger partial charge is 0.444 e. The third-order valence-electron chi connectivity index (χ3n) is 8.12. The molecule has 6 rings (SSSR count). The summed E-state index contributed by atoms with van der Waals surface area (Å²) in [4.78, 5) is 23.3. The van der Waals surface area contributed by atoms with Crippen LogP contribution in [0.25, 0.3) is 21.3 Å². The molecule has 1 atom stereocenters. The highest BCUT2D eigenvalue weighted by atomic mass is 35.5. The molecule has 37 heavy (non-hydrogen) atoms. The number of fused-ring (bicyclic) bond motifs is 2. The van der Waals surface area contributed by atoms with E-state index < -0.39 is 5.60 Å². The summed E-state index contributed by atoms with van der Waals surface area (Å²) in [6, 6.07) is 8.44. The summed E-state index contributed by atoms with van der Waals surface area (Å²) in [6.07, 6.45) is 7.90. The van der Waals surface area contributed by atoms with Crippen LogP contribution in [0.2, 0.25) is 5.02 Å². The molecule has 8 heteroatoms. The maximum absolute atomic E-state index is 13.3. The number of aliphatic hydroxyl groups is 1. The molecular formula is C29H34ClN3O3S. The molecular weight excluding hydrogens is 506 g/mol. The van der Waals surface area contributed by atoms with Crippen LogP contribution in [0.4, 0.5) is 10.5 Å². The minimum absolute atomic E-state index is 0.00486. The fraction of sp³-hybridized carbons (Fsp3) is 0.517. The van der Waals surface area contributed by atoms with E-state index in [0.29, 0.717) is 6.54 Å². The van der Waals surface area contributed by atoms with Gasteiger partial charge in [0.05, 0.1) is 16.8 Å². The lowest BCUT2D eigenvalue weighted by atomic mass is 9.74. The summed E-state index contributed by atoms with van der Waals surface area (Å²) < 4.78 is 6.92. The summed E-state index contributed by atoms with van der Waals surface area (Å²) >= 11 is 8.27. The number of benzene rings is 1. The topological polar surface area (TPSA) is 65.9 Å². The average molecular weight is 540 g/mol. The van der Waals surface area contributed by atoms with Gasteiger partial charge in [-0.15, -0.1) is 11.3 Å². The number of aliphatic hydroxyl groups excluding tert-OH is 1. The van der Waals surface area contributed by atoms with Crippen molar-refractivity contribution in [2.45, 2.75) is 83.1 Å². The van der Waals surface area contributed by atoms with Gasteiger partial charge in [0.1, 0.15) is 5.60 Å². The molecule has 1 spiro atoms. The molecule has 0 radical (unpaired) electrons. The second-order valence-corrected chi connectivity index (χ2v) is 13.3. The Bertz CT molecular complexity index is 1360. The average Bonchev–Trinajstić information content (AvgIpc) is 3.44. The Kier molecular flexibility index (Phi) is 6.16. The molecule has 1 amide bonds. The number of nitrogens with zero attached hydrogens (tertiary/aromatic N) is 3. The summed E-state index contributed by atoms with van der Waals surface area (Å²) in [5.74, 6) is 0. The van der Waals surface area contributed by atoms with E-state index in [-0.39, 0.29) is 24.3 Å². The van der Waals surface area contributed by atoms with E-state index in [1.54, 1.807) is 11.3 Å². The molecule has 196 valence electrons. The van der Waals surface area contributed by atoms with Crippen LogP contribution >= 0.6 is 22.9 Å². The number of ether oxygens (including phenoxy) is 1. The lowest BCUT2D eigenvalue weighted by Crippen LogP contribution is -2.53. The molecule has 4 heterocycles. The van der Waals surface area contributed by atoms with Crippen molar-refractivity contribution in [1.29, 1.82) is 0 Å². The van der Waals surface area contributed by atoms with Crippen LogP contribution in [0.15, 0.2) is 30.5 Å². The Balaban J connectivity index is 1.42. The zero-order chi connectivity index (χ0) is 25.9. The van der Waals surface area contributed by atoms with Gasteiger partial charge in [-0.2, -0.15) is 0 Å². The Morgan fingerprint density at radius 1 is 1.24 bits per heavy atom. The second-order valence-electron chi connectivity index (χ2n) is 11.7. The van der Waals surface area contributed by atoms with Gasteiger partial charge in [-0.3, -0.25) is 4.98 Å². The first-order valence-corrected chi connectivity index (χ1v) is 14.5. The number of anilines is 1. The van der Waals surface area contributed by atoms with Crippen molar-refractivity contribution >= 4 is 44.9 Å². The summed E-state index contributed by atoms with van der Waals surface area (Å²) in [5.41, 5.74) is 4.99. The number of carbonyl (C=O) groups excluding carboxylic acids is 1. The summed E-state index contributed by atoms with van der Waals surface area (Å²) in [7, 11) is 0. The van der Waals surface area contributed by atoms with Crippen LogP contribution < -0.4 is 4.90 Å². The molecule has 1 aromatic carbocycles. The van der Waals surface area contributed by atoms with Gasteiger partial charge in [0, 0.05) is 57.6 Å². The monoisotopic (exact) mass is 539 g/mol. The van der Waals surface area contributed by atoms with E-state index in [4.69, 9.17) is 16.3 Å².